The van der Waals surface area contributed by atoms with Gasteiger partial charge in [0.2, 0.25) is 5.91 Å². The molecular weight excluding hydrogens is 332 g/mol. The van der Waals surface area contributed by atoms with E-state index in [9.17, 15) is 4.79 Å². The van der Waals surface area contributed by atoms with Crippen LogP contribution in [-0.4, -0.2) is 16.8 Å². The van der Waals surface area contributed by atoms with E-state index in [1.54, 1.807) is 11.8 Å². The van der Waals surface area contributed by atoms with Gasteiger partial charge in [0.15, 0.2) is 5.76 Å². The minimum Gasteiger partial charge on any atom is -0.356 e. The number of carbonyl (C=O) groups is 1. The molecule has 0 saturated carbocycles. The SMILES string of the molecule is O=C(CCCSc1ccccc1)NCc1cc(-c2ccccc2)on1. The molecule has 0 radical (unpaired) electrons. The average molecular weight is 352 g/mol. The van der Waals surface area contributed by atoms with Crippen molar-refractivity contribution in [2.75, 3.05) is 5.75 Å². The lowest BCUT2D eigenvalue weighted by molar-refractivity contribution is -0.121. The molecule has 0 bridgehead atoms. The predicted molar refractivity (Wildman–Crippen MR) is 100 cm³/mol. The van der Waals surface area contributed by atoms with Crippen LogP contribution in [0, 0.1) is 0 Å². The van der Waals surface area contributed by atoms with Crippen molar-refractivity contribution in [2.45, 2.75) is 24.3 Å². The molecule has 1 aromatic heterocycles. The van der Waals surface area contributed by atoms with E-state index in [1.165, 1.54) is 4.90 Å². The van der Waals surface area contributed by atoms with Gasteiger partial charge in [-0.05, 0) is 24.3 Å². The Bertz CT molecular complexity index is 788. The summed E-state index contributed by atoms with van der Waals surface area (Å²) in [7, 11) is 0. The van der Waals surface area contributed by atoms with E-state index in [1.807, 2.05) is 54.6 Å². The third-order valence-electron chi connectivity index (χ3n) is 3.64. The maximum atomic E-state index is 11.9. The highest BCUT2D eigenvalue weighted by Gasteiger charge is 2.08. The number of nitrogens with zero attached hydrogens (tertiary/aromatic N) is 1. The molecule has 0 atom stereocenters. The number of benzene rings is 2. The van der Waals surface area contributed by atoms with Crippen LogP contribution in [0.2, 0.25) is 0 Å². The molecule has 3 aromatic rings. The van der Waals surface area contributed by atoms with Crippen LogP contribution in [0.15, 0.2) is 76.1 Å². The van der Waals surface area contributed by atoms with Crippen molar-refractivity contribution in [1.82, 2.24) is 10.5 Å². The summed E-state index contributed by atoms with van der Waals surface area (Å²) in [6.45, 7) is 0.390. The van der Waals surface area contributed by atoms with Gasteiger partial charge in [-0.3, -0.25) is 4.79 Å². The fraction of sp³-hybridized carbons (Fsp3) is 0.200. The summed E-state index contributed by atoms with van der Waals surface area (Å²) >= 11 is 1.77. The molecule has 1 heterocycles. The predicted octanol–water partition coefficient (Wildman–Crippen LogP) is 4.53. The van der Waals surface area contributed by atoms with E-state index < -0.39 is 0 Å². The molecule has 0 saturated heterocycles. The van der Waals surface area contributed by atoms with E-state index in [4.69, 9.17) is 4.52 Å². The Morgan fingerprint density at radius 2 is 1.76 bits per heavy atom. The summed E-state index contributed by atoms with van der Waals surface area (Å²) < 4.78 is 5.33. The first-order valence-electron chi connectivity index (χ1n) is 8.27. The van der Waals surface area contributed by atoms with Crippen molar-refractivity contribution in [3.8, 4) is 11.3 Å². The molecule has 3 rings (SSSR count). The van der Waals surface area contributed by atoms with Gasteiger partial charge in [-0.2, -0.15) is 0 Å². The number of aromatic nitrogens is 1. The Morgan fingerprint density at radius 3 is 2.52 bits per heavy atom. The number of carbonyl (C=O) groups excluding carboxylic acids is 1. The normalized spacial score (nSPS) is 10.6. The summed E-state index contributed by atoms with van der Waals surface area (Å²) in [5.74, 6) is 1.68. The molecule has 128 valence electrons. The molecular formula is C20H20N2O2S. The van der Waals surface area contributed by atoms with E-state index in [2.05, 4.69) is 22.6 Å². The fourth-order valence-corrected chi connectivity index (χ4v) is 3.22. The fourth-order valence-electron chi connectivity index (χ4n) is 2.35. The molecule has 4 nitrogen and oxygen atoms in total. The number of rotatable bonds is 8. The van der Waals surface area contributed by atoms with Gasteiger partial charge in [0, 0.05) is 22.9 Å². The van der Waals surface area contributed by atoms with Crippen LogP contribution in [0.25, 0.3) is 11.3 Å². The van der Waals surface area contributed by atoms with Gasteiger partial charge in [0.1, 0.15) is 5.69 Å². The summed E-state index contributed by atoms with van der Waals surface area (Å²) in [5.41, 5.74) is 1.70. The van der Waals surface area contributed by atoms with Gasteiger partial charge in [-0.1, -0.05) is 53.7 Å². The zero-order chi connectivity index (χ0) is 17.3. The number of nitrogens with one attached hydrogen (secondary N) is 1. The van der Waals surface area contributed by atoms with Gasteiger partial charge in [0.25, 0.3) is 0 Å². The minimum atomic E-state index is 0.0397. The van der Waals surface area contributed by atoms with Crippen LogP contribution < -0.4 is 5.32 Å². The standard InChI is InChI=1S/C20H20N2O2S/c23-20(12-7-13-25-18-10-5-2-6-11-18)21-15-17-14-19(24-22-17)16-8-3-1-4-9-16/h1-6,8-11,14H,7,12-13,15H2,(H,21,23). The third-order valence-corrected chi connectivity index (χ3v) is 4.74. The summed E-state index contributed by atoms with van der Waals surface area (Å²) in [6.07, 6.45) is 1.36. The molecule has 0 aliphatic carbocycles. The lowest BCUT2D eigenvalue weighted by Crippen LogP contribution is -2.22. The minimum absolute atomic E-state index is 0.0397. The third kappa shape index (κ3) is 5.50. The summed E-state index contributed by atoms with van der Waals surface area (Å²) in [6, 6.07) is 21.9. The van der Waals surface area contributed by atoms with Gasteiger partial charge in [-0.15, -0.1) is 11.8 Å². The smallest absolute Gasteiger partial charge is 0.220 e. The van der Waals surface area contributed by atoms with Gasteiger partial charge >= 0.3 is 0 Å². The highest BCUT2D eigenvalue weighted by atomic mass is 32.2. The zero-order valence-corrected chi connectivity index (χ0v) is 14.7. The van der Waals surface area contributed by atoms with E-state index in [0.29, 0.717) is 18.7 Å². The highest BCUT2D eigenvalue weighted by molar-refractivity contribution is 7.99. The van der Waals surface area contributed by atoms with E-state index >= 15 is 0 Å². The van der Waals surface area contributed by atoms with Crippen LogP contribution in [0.3, 0.4) is 0 Å². The number of hydrogen-bond acceptors (Lipinski definition) is 4. The van der Waals surface area contributed by atoms with Gasteiger partial charge < -0.3 is 9.84 Å². The van der Waals surface area contributed by atoms with Crippen LogP contribution in [0.4, 0.5) is 0 Å². The van der Waals surface area contributed by atoms with Crippen molar-refractivity contribution in [3.05, 3.63) is 72.4 Å². The first-order chi connectivity index (χ1) is 12.3. The van der Waals surface area contributed by atoms with Crippen molar-refractivity contribution >= 4 is 17.7 Å². The first kappa shape index (κ1) is 17.3. The Kier molecular flexibility index (Phi) is 6.29. The zero-order valence-electron chi connectivity index (χ0n) is 13.9. The monoisotopic (exact) mass is 352 g/mol. The molecule has 1 amide bonds. The molecule has 0 aliphatic rings. The van der Waals surface area contributed by atoms with Crippen LogP contribution in [0.1, 0.15) is 18.5 Å². The second kappa shape index (κ2) is 9.08. The number of hydrogen-bond donors (Lipinski definition) is 1. The molecule has 1 N–H and O–H groups in total. The van der Waals surface area contributed by atoms with Crippen molar-refractivity contribution in [2.24, 2.45) is 0 Å². The number of thioether (sulfide) groups is 1. The Morgan fingerprint density at radius 1 is 1.04 bits per heavy atom. The van der Waals surface area contributed by atoms with E-state index in [-0.39, 0.29) is 5.91 Å². The maximum Gasteiger partial charge on any atom is 0.220 e. The highest BCUT2D eigenvalue weighted by Crippen LogP contribution is 2.20. The van der Waals surface area contributed by atoms with E-state index in [0.717, 1.165) is 23.4 Å². The summed E-state index contributed by atoms with van der Waals surface area (Å²) in [4.78, 5) is 13.2. The molecule has 5 heteroatoms. The van der Waals surface area contributed by atoms with Crippen molar-refractivity contribution in [1.29, 1.82) is 0 Å². The second-order valence-electron chi connectivity index (χ2n) is 5.59. The molecule has 0 spiro atoms. The van der Waals surface area contributed by atoms with Crippen molar-refractivity contribution < 1.29 is 9.32 Å². The number of amides is 1. The Labute approximate surface area is 151 Å². The first-order valence-corrected chi connectivity index (χ1v) is 9.25. The van der Waals surface area contributed by atoms with Crippen LogP contribution in [-0.2, 0) is 11.3 Å². The molecule has 0 unspecified atom stereocenters. The lowest BCUT2D eigenvalue weighted by atomic mass is 10.1. The van der Waals surface area contributed by atoms with Crippen LogP contribution >= 0.6 is 11.8 Å². The van der Waals surface area contributed by atoms with Gasteiger partial charge in [0.05, 0.1) is 6.54 Å². The van der Waals surface area contributed by atoms with Crippen molar-refractivity contribution in [3.63, 3.8) is 0 Å². The summed E-state index contributed by atoms with van der Waals surface area (Å²) in [5, 5.41) is 6.90. The second-order valence-corrected chi connectivity index (χ2v) is 6.76. The Balaban J connectivity index is 1.37. The molecule has 25 heavy (non-hydrogen) atoms. The Hall–Kier alpha value is -2.53. The molecule has 0 aliphatic heterocycles. The quantitative estimate of drug-likeness (QED) is 0.478. The topological polar surface area (TPSA) is 55.1 Å². The average Bonchev–Trinajstić information content (AvgIpc) is 3.14. The van der Waals surface area contributed by atoms with Gasteiger partial charge in [-0.25, -0.2) is 0 Å². The molecule has 0 fully saturated rings. The largest absolute Gasteiger partial charge is 0.356 e. The molecule has 2 aromatic carbocycles. The maximum absolute atomic E-state index is 11.9. The lowest BCUT2D eigenvalue weighted by Gasteiger charge is -2.03. The van der Waals surface area contributed by atoms with Crippen LogP contribution in [0.5, 0.6) is 0 Å².